The molecule has 0 N–H and O–H groups in total. The first-order valence-electron chi connectivity index (χ1n) is 9.21. The van der Waals surface area contributed by atoms with E-state index in [2.05, 4.69) is 97.1 Å². The van der Waals surface area contributed by atoms with Gasteiger partial charge in [-0.15, -0.1) is 0 Å². The van der Waals surface area contributed by atoms with E-state index >= 15 is 0 Å². The van der Waals surface area contributed by atoms with Crippen LogP contribution in [0.25, 0.3) is 0 Å². The molecule has 0 fully saturated rings. The van der Waals surface area contributed by atoms with Gasteiger partial charge in [0, 0.05) is 0 Å². The fourth-order valence-corrected chi connectivity index (χ4v) is 9.80. The van der Waals surface area contributed by atoms with Crippen molar-refractivity contribution < 1.29 is 0 Å². The normalized spacial score (nSPS) is 12.4. The Morgan fingerprint density at radius 2 is 0.567 bits per heavy atom. The van der Waals surface area contributed by atoms with Gasteiger partial charge in [0.25, 0.3) is 0 Å². The zero-order valence-electron chi connectivity index (χ0n) is 16.0. The molecule has 4 aromatic carbocycles. The Morgan fingerprint density at radius 1 is 0.400 bits per heavy atom. The molecule has 0 amide bonds. The quantitative estimate of drug-likeness (QED) is 0.181. The van der Waals surface area contributed by atoms with Crippen molar-refractivity contribution in [2.75, 3.05) is 0 Å². The molecule has 154 valence electrons. The molecule has 0 saturated heterocycles. The molecule has 0 aliphatic heterocycles. The van der Waals surface area contributed by atoms with E-state index in [0.717, 1.165) is 21.2 Å². The minimum atomic E-state index is -3.34. The van der Waals surface area contributed by atoms with Crippen LogP contribution in [0.5, 0.6) is 0 Å². The van der Waals surface area contributed by atoms with Gasteiger partial charge in [0.1, 0.15) is 0 Å². The summed E-state index contributed by atoms with van der Waals surface area (Å²) in [6.07, 6.45) is 0. The molecule has 0 aliphatic rings. The summed E-state index contributed by atoms with van der Waals surface area (Å²) in [5.74, 6) is -3.34. The maximum absolute atomic E-state index is 8.03. The third-order valence-electron chi connectivity index (χ3n) is 4.96. The summed E-state index contributed by atoms with van der Waals surface area (Å²) in [6.45, 7) is 0. The van der Waals surface area contributed by atoms with E-state index in [4.69, 9.17) is 37.7 Å². The SMILES string of the molecule is ClP(c1ccccc1)(c1ccccc1)(c1ccccc1)c1ccccc1.[Cl][Sb]([Cl])[Cl]. The van der Waals surface area contributed by atoms with Crippen molar-refractivity contribution in [1.82, 2.24) is 0 Å². The molecule has 0 saturated carbocycles. The molecule has 4 aromatic rings. The molecule has 0 nitrogen and oxygen atoms in total. The van der Waals surface area contributed by atoms with E-state index in [1.165, 1.54) is 0 Å². The molecular formula is C24H20Cl4PSb. The van der Waals surface area contributed by atoms with Gasteiger partial charge in [-0.3, -0.25) is 0 Å². The first kappa shape index (κ1) is 23.9. The summed E-state index contributed by atoms with van der Waals surface area (Å²) in [7, 11) is 15.0. The van der Waals surface area contributed by atoms with Gasteiger partial charge in [-0.25, -0.2) is 0 Å². The average Bonchev–Trinajstić information content (AvgIpc) is 2.81. The summed E-state index contributed by atoms with van der Waals surface area (Å²) in [5.41, 5.74) is 0. The molecule has 6 heteroatoms. The van der Waals surface area contributed by atoms with Crippen molar-refractivity contribution in [3.63, 3.8) is 0 Å². The van der Waals surface area contributed by atoms with Crippen LogP contribution in [0.2, 0.25) is 0 Å². The van der Waals surface area contributed by atoms with Gasteiger partial charge in [0.2, 0.25) is 0 Å². The van der Waals surface area contributed by atoms with Gasteiger partial charge in [-0.1, -0.05) is 0 Å². The van der Waals surface area contributed by atoms with Crippen LogP contribution in [0.3, 0.4) is 0 Å². The molecule has 0 spiro atoms. The Balaban J connectivity index is 0.000000589. The van der Waals surface area contributed by atoms with Crippen LogP contribution in [0, 0.1) is 0 Å². The van der Waals surface area contributed by atoms with E-state index in [1.807, 2.05) is 24.3 Å². The number of rotatable bonds is 4. The van der Waals surface area contributed by atoms with Crippen LogP contribution >= 0.6 is 43.7 Å². The van der Waals surface area contributed by atoms with Crippen molar-refractivity contribution in [3.8, 4) is 0 Å². The molecule has 0 unspecified atom stereocenters. The van der Waals surface area contributed by atoms with Crippen LogP contribution in [-0.4, -0.2) is 16.8 Å². The van der Waals surface area contributed by atoms with Gasteiger partial charge in [0.05, 0.1) is 0 Å². The molecule has 0 bridgehead atoms. The molecule has 0 atom stereocenters. The van der Waals surface area contributed by atoms with Crippen molar-refractivity contribution in [2.24, 2.45) is 0 Å². The predicted octanol–water partition coefficient (Wildman–Crippen LogP) is 6.68. The van der Waals surface area contributed by atoms with Gasteiger partial charge < -0.3 is 0 Å². The van der Waals surface area contributed by atoms with Crippen LogP contribution < -0.4 is 21.2 Å². The van der Waals surface area contributed by atoms with Gasteiger partial charge in [0.15, 0.2) is 0 Å². The Hall–Kier alpha value is -0.712. The Bertz CT molecular complexity index is 873. The maximum atomic E-state index is 8.03. The number of benzene rings is 4. The second-order valence-corrected chi connectivity index (χ2v) is 24.0. The fourth-order valence-electron chi connectivity index (χ4n) is 3.73. The van der Waals surface area contributed by atoms with E-state index in [1.54, 1.807) is 0 Å². The predicted molar refractivity (Wildman–Crippen MR) is 140 cm³/mol. The summed E-state index contributed by atoms with van der Waals surface area (Å²) in [6, 6.07) is 42.1. The molecule has 4 rings (SSSR count). The topological polar surface area (TPSA) is 0 Å². The zero-order valence-corrected chi connectivity index (χ0v) is 22.4. The summed E-state index contributed by atoms with van der Waals surface area (Å²) >= 11 is 6.00. The Kier molecular flexibility index (Phi) is 8.57. The van der Waals surface area contributed by atoms with E-state index in [9.17, 15) is 0 Å². The van der Waals surface area contributed by atoms with Crippen molar-refractivity contribution in [3.05, 3.63) is 121 Å². The van der Waals surface area contributed by atoms with E-state index < -0.39 is 22.7 Å². The molecule has 0 radical (unpaired) electrons. The minimum absolute atomic E-state index is 1.16. The second kappa shape index (κ2) is 10.7. The first-order chi connectivity index (χ1) is 14.5. The van der Waals surface area contributed by atoms with E-state index in [-0.39, 0.29) is 0 Å². The Labute approximate surface area is 201 Å². The molecule has 0 aliphatic carbocycles. The monoisotopic (exact) mass is 600 g/mol. The van der Waals surface area contributed by atoms with Crippen molar-refractivity contribution >= 4 is 81.7 Å². The van der Waals surface area contributed by atoms with Crippen molar-refractivity contribution in [2.45, 2.75) is 0 Å². The van der Waals surface area contributed by atoms with Crippen LogP contribution in [0.1, 0.15) is 0 Å². The third kappa shape index (κ3) is 4.71. The van der Waals surface area contributed by atoms with Crippen LogP contribution in [0.4, 0.5) is 0 Å². The van der Waals surface area contributed by atoms with E-state index in [0.29, 0.717) is 0 Å². The number of halogens is 4. The molecule has 0 aromatic heterocycles. The summed E-state index contributed by atoms with van der Waals surface area (Å²) < 4.78 is 0. The van der Waals surface area contributed by atoms with Gasteiger partial charge >= 0.3 is 203 Å². The summed E-state index contributed by atoms with van der Waals surface area (Å²) in [5, 5.41) is 4.63. The third-order valence-corrected chi connectivity index (χ3v) is 12.4. The van der Waals surface area contributed by atoms with Crippen LogP contribution in [0.15, 0.2) is 121 Å². The first-order valence-corrected chi connectivity index (χ1v) is 22.1. The molecule has 0 heterocycles. The average molecular weight is 603 g/mol. The van der Waals surface area contributed by atoms with Crippen molar-refractivity contribution in [1.29, 1.82) is 0 Å². The fraction of sp³-hybridized carbons (Fsp3) is 0. The number of hydrogen-bond donors (Lipinski definition) is 0. The standard InChI is InChI=1S/C24H20ClP.3ClH.Sb/c25-26(21-13-5-1-6-14-21,22-15-7-2-8-16-22,23-17-9-3-10-18-23)24-19-11-4-12-20-24;;;;/h1-20H;3*1H;/q;;;;+3/p-3. The summed E-state index contributed by atoms with van der Waals surface area (Å²) in [4.78, 5) is 0. The number of hydrogen-bond acceptors (Lipinski definition) is 0. The zero-order chi connectivity index (χ0) is 21.5. The van der Waals surface area contributed by atoms with Gasteiger partial charge in [-0.2, -0.15) is 0 Å². The Morgan fingerprint density at radius 3 is 0.733 bits per heavy atom. The van der Waals surface area contributed by atoms with Gasteiger partial charge in [-0.05, 0) is 0 Å². The van der Waals surface area contributed by atoms with Crippen LogP contribution in [-0.2, 0) is 0 Å². The molecular weight excluding hydrogens is 583 g/mol. The second-order valence-electron chi connectivity index (χ2n) is 6.54. The molecule has 30 heavy (non-hydrogen) atoms.